The third-order valence-corrected chi connectivity index (χ3v) is 1.14. The normalized spacial score (nSPS) is 9.45. The van der Waals surface area contributed by atoms with Gasteiger partial charge < -0.3 is 0 Å². The van der Waals surface area contributed by atoms with Crippen LogP contribution < -0.4 is 0 Å². The summed E-state index contributed by atoms with van der Waals surface area (Å²) in [7, 11) is 0. The van der Waals surface area contributed by atoms with Crippen LogP contribution in [0.25, 0.3) is 0 Å². The Morgan fingerprint density at radius 1 is 1.18 bits per heavy atom. The van der Waals surface area contributed by atoms with Gasteiger partial charge in [0.2, 0.25) is 0 Å². The number of ketones is 2. The molecule has 0 aliphatic carbocycles. The smallest absolute Gasteiger partial charge is 0.300 e. The first-order valence-electron chi connectivity index (χ1n) is 2.87. The van der Waals surface area contributed by atoms with E-state index < -0.39 is 23.5 Å². The molecule has 0 saturated heterocycles. The topological polar surface area (TPSA) is 80.7 Å². The molecule has 0 aromatic heterocycles. The lowest BCUT2D eigenvalue weighted by atomic mass is 10.0. The van der Waals surface area contributed by atoms with E-state index in [1.165, 1.54) is 0 Å². The Labute approximate surface area is 62.9 Å². The van der Waals surface area contributed by atoms with Gasteiger partial charge in [-0.1, -0.05) is 0 Å². The summed E-state index contributed by atoms with van der Waals surface area (Å²) in [6.07, 6.45) is 0. The molecule has 0 amide bonds. The van der Waals surface area contributed by atoms with Crippen molar-refractivity contribution in [3.05, 3.63) is 0 Å². The van der Waals surface area contributed by atoms with Crippen LogP contribution >= 0.6 is 0 Å². The van der Waals surface area contributed by atoms with E-state index in [0.717, 1.165) is 13.8 Å². The summed E-state index contributed by atoms with van der Waals surface area (Å²) in [5.74, 6) is -4.00. The monoisotopic (exact) mass is 160 g/mol. The number of hydrogen-bond acceptors (Lipinski definition) is 5. The maximum Gasteiger partial charge on any atom is 0.359 e. The number of carbonyl (C=O) groups is 3. The third kappa shape index (κ3) is 2.46. The molecule has 0 rings (SSSR count). The molecular weight excluding hydrogens is 152 g/mol. The lowest BCUT2D eigenvalue weighted by Gasteiger charge is -2.03. The van der Waals surface area contributed by atoms with Gasteiger partial charge in [-0.15, -0.1) is 0 Å². The third-order valence-electron chi connectivity index (χ3n) is 1.14. The molecular formula is C6H8O5. The van der Waals surface area contributed by atoms with Crippen LogP contribution in [0.5, 0.6) is 0 Å². The molecule has 0 fully saturated rings. The number of hydrogen-bond donors (Lipinski definition) is 1. The average Bonchev–Trinajstić information content (AvgIpc) is 1.85. The van der Waals surface area contributed by atoms with Gasteiger partial charge >= 0.3 is 5.97 Å². The summed E-state index contributed by atoms with van der Waals surface area (Å²) in [6.45, 7) is 2.14. The van der Waals surface area contributed by atoms with Crippen LogP contribution in [0.15, 0.2) is 0 Å². The summed E-state index contributed by atoms with van der Waals surface area (Å²) in [5.41, 5.74) is 0. The molecule has 0 aromatic carbocycles. The Morgan fingerprint density at radius 2 is 1.55 bits per heavy atom. The van der Waals surface area contributed by atoms with Gasteiger partial charge in [-0.3, -0.25) is 14.5 Å². The van der Waals surface area contributed by atoms with Gasteiger partial charge in [0.15, 0.2) is 17.5 Å². The standard InChI is InChI=1S/C6H8O5/c1-3(7)5(4(2)8)6(9)11-10/h5,10H,1-2H3. The Hall–Kier alpha value is -1.23. The zero-order chi connectivity index (χ0) is 9.02. The summed E-state index contributed by atoms with van der Waals surface area (Å²) in [4.78, 5) is 34.8. The highest BCUT2D eigenvalue weighted by molar-refractivity contribution is 6.15. The molecule has 1 N–H and O–H groups in total. The molecule has 0 atom stereocenters. The second-order valence-electron chi connectivity index (χ2n) is 2.06. The van der Waals surface area contributed by atoms with Crippen molar-refractivity contribution < 1.29 is 24.5 Å². The van der Waals surface area contributed by atoms with Crippen LogP contribution in [0.4, 0.5) is 0 Å². The maximum absolute atomic E-state index is 10.6. The minimum atomic E-state index is -1.49. The Balaban J connectivity index is 4.47. The molecule has 11 heavy (non-hydrogen) atoms. The highest BCUT2D eigenvalue weighted by Gasteiger charge is 2.29. The fraction of sp³-hybridized carbons (Fsp3) is 0.500. The zero-order valence-electron chi connectivity index (χ0n) is 6.16. The van der Waals surface area contributed by atoms with E-state index in [4.69, 9.17) is 5.26 Å². The van der Waals surface area contributed by atoms with Crippen molar-refractivity contribution in [2.75, 3.05) is 0 Å². The van der Waals surface area contributed by atoms with Gasteiger partial charge in [0.25, 0.3) is 0 Å². The highest BCUT2D eigenvalue weighted by atomic mass is 17.1. The van der Waals surface area contributed by atoms with Crippen molar-refractivity contribution >= 4 is 17.5 Å². The Bertz CT molecular complexity index is 181. The number of rotatable bonds is 3. The Morgan fingerprint density at radius 3 is 1.64 bits per heavy atom. The predicted octanol–water partition coefficient (Wildman–Crippen LogP) is -0.203. The van der Waals surface area contributed by atoms with Gasteiger partial charge in [-0.05, 0) is 13.8 Å². The quantitative estimate of drug-likeness (QED) is 0.351. The molecule has 5 heteroatoms. The van der Waals surface area contributed by atoms with Gasteiger partial charge in [0.1, 0.15) is 0 Å². The maximum atomic E-state index is 10.6. The van der Waals surface area contributed by atoms with Crippen LogP contribution in [0.3, 0.4) is 0 Å². The number of Topliss-reactive ketones (excluding diaryl/α,β-unsaturated/α-hetero) is 2. The van der Waals surface area contributed by atoms with Gasteiger partial charge in [0, 0.05) is 0 Å². The van der Waals surface area contributed by atoms with E-state index in [1.807, 2.05) is 0 Å². The molecule has 0 aliphatic heterocycles. The first-order chi connectivity index (χ1) is 5.00. The molecule has 0 radical (unpaired) electrons. The van der Waals surface area contributed by atoms with E-state index in [2.05, 4.69) is 4.89 Å². The van der Waals surface area contributed by atoms with E-state index >= 15 is 0 Å². The molecule has 62 valence electrons. The molecule has 0 saturated carbocycles. The lowest BCUT2D eigenvalue weighted by Crippen LogP contribution is -2.29. The van der Waals surface area contributed by atoms with Crippen molar-refractivity contribution in [1.29, 1.82) is 0 Å². The fourth-order valence-electron chi connectivity index (χ4n) is 0.671. The second-order valence-corrected chi connectivity index (χ2v) is 2.06. The minimum Gasteiger partial charge on any atom is -0.300 e. The number of carbonyl (C=O) groups excluding carboxylic acids is 3. The molecule has 0 unspecified atom stereocenters. The zero-order valence-corrected chi connectivity index (χ0v) is 6.16. The largest absolute Gasteiger partial charge is 0.359 e. The van der Waals surface area contributed by atoms with Crippen molar-refractivity contribution in [2.45, 2.75) is 13.8 Å². The van der Waals surface area contributed by atoms with Gasteiger partial charge in [0.05, 0.1) is 0 Å². The SMILES string of the molecule is CC(=O)C(C(C)=O)C(=O)OO. The second kappa shape index (κ2) is 3.82. The van der Waals surface area contributed by atoms with Gasteiger partial charge in [-0.2, -0.15) is 5.26 Å². The van der Waals surface area contributed by atoms with Crippen molar-refractivity contribution in [1.82, 2.24) is 0 Å². The summed E-state index contributed by atoms with van der Waals surface area (Å²) in [5, 5.41) is 7.85. The van der Waals surface area contributed by atoms with Crippen LogP contribution in [0.1, 0.15) is 13.8 Å². The molecule has 0 aromatic rings. The molecule has 0 heterocycles. The van der Waals surface area contributed by atoms with Crippen LogP contribution in [-0.4, -0.2) is 22.8 Å². The fourth-order valence-corrected chi connectivity index (χ4v) is 0.671. The minimum absolute atomic E-state index is 0.642. The van der Waals surface area contributed by atoms with E-state index in [1.54, 1.807) is 0 Å². The highest BCUT2D eigenvalue weighted by Crippen LogP contribution is 2.01. The van der Waals surface area contributed by atoms with Crippen LogP contribution in [0.2, 0.25) is 0 Å². The first kappa shape index (κ1) is 9.77. The van der Waals surface area contributed by atoms with Crippen molar-refractivity contribution in [3.63, 3.8) is 0 Å². The van der Waals surface area contributed by atoms with Crippen molar-refractivity contribution in [2.24, 2.45) is 5.92 Å². The van der Waals surface area contributed by atoms with Gasteiger partial charge in [-0.25, -0.2) is 4.79 Å². The van der Waals surface area contributed by atoms with Crippen LogP contribution in [-0.2, 0) is 19.3 Å². The predicted molar refractivity (Wildman–Crippen MR) is 33.6 cm³/mol. The summed E-state index contributed by atoms with van der Waals surface area (Å²) >= 11 is 0. The Kier molecular flexibility index (Phi) is 3.39. The lowest BCUT2D eigenvalue weighted by molar-refractivity contribution is -0.237. The van der Waals surface area contributed by atoms with Crippen molar-refractivity contribution in [3.8, 4) is 0 Å². The van der Waals surface area contributed by atoms with E-state index in [-0.39, 0.29) is 0 Å². The first-order valence-corrected chi connectivity index (χ1v) is 2.87. The van der Waals surface area contributed by atoms with E-state index in [9.17, 15) is 14.4 Å². The van der Waals surface area contributed by atoms with Crippen LogP contribution in [0, 0.1) is 5.92 Å². The van der Waals surface area contributed by atoms with E-state index in [0.29, 0.717) is 0 Å². The molecule has 0 spiro atoms. The summed E-state index contributed by atoms with van der Waals surface area (Å²) in [6, 6.07) is 0. The molecule has 0 bridgehead atoms. The summed E-state index contributed by atoms with van der Waals surface area (Å²) < 4.78 is 0. The average molecular weight is 160 g/mol. The molecule has 5 nitrogen and oxygen atoms in total. The molecule has 0 aliphatic rings.